The molecule has 0 saturated carbocycles. The molecule has 122 valence electrons. The number of rotatable bonds is 9. The minimum absolute atomic E-state index is 0.153. The molecular weight excluding hydrogens is 292 g/mol. The van der Waals surface area contributed by atoms with Crippen molar-refractivity contribution in [3.8, 4) is 0 Å². The third-order valence-electron chi connectivity index (χ3n) is 3.16. The molecule has 0 aliphatic heterocycles. The van der Waals surface area contributed by atoms with Crippen LogP contribution >= 0.6 is 0 Å². The molecule has 21 heavy (non-hydrogen) atoms. The van der Waals surface area contributed by atoms with Gasteiger partial charge in [0.15, 0.2) is 5.03 Å². The average Bonchev–Trinajstić information content (AvgIpc) is 2.86. The van der Waals surface area contributed by atoms with Gasteiger partial charge in [0.25, 0.3) is 10.0 Å². The summed E-state index contributed by atoms with van der Waals surface area (Å²) in [5.74, 6) is 0. The first-order valence-corrected chi connectivity index (χ1v) is 8.55. The summed E-state index contributed by atoms with van der Waals surface area (Å²) >= 11 is 0. The molecule has 0 bridgehead atoms. The number of methoxy groups -OCH3 is 1. The van der Waals surface area contributed by atoms with Crippen molar-refractivity contribution in [2.75, 3.05) is 20.3 Å². The van der Waals surface area contributed by atoms with Crippen LogP contribution in [0.2, 0.25) is 0 Å². The van der Waals surface area contributed by atoms with Crippen molar-refractivity contribution in [2.45, 2.75) is 51.3 Å². The Morgan fingerprint density at radius 1 is 1.43 bits per heavy atom. The van der Waals surface area contributed by atoms with Crippen LogP contribution in [0.4, 0.5) is 0 Å². The van der Waals surface area contributed by atoms with Crippen LogP contribution in [-0.4, -0.2) is 55.3 Å². The Bertz CT molecular complexity index is 527. The van der Waals surface area contributed by atoms with Crippen molar-refractivity contribution in [2.24, 2.45) is 0 Å². The highest BCUT2D eigenvalue weighted by Crippen LogP contribution is 2.20. The zero-order chi connectivity index (χ0) is 16.0. The minimum Gasteiger partial charge on any atom is -0.383 e. The molecule has 8 heteroatoms. The van der Waals surface area contributed by atoms with Crippen molar-refractivity contribution < 1.29 is 13.2 Å². The molecule has 1 aromatic heterocycles. The van der Waals surface area contributed by atoms with Crippen LogP contribution in [-0.2, 0) is 21.3 Å². The zero-order valence-corrected chi connectivity index (χ0v) is 14.2. The molecule has 1 rings (SSSR count). The topological polar surface area (TPSA) is 87.3 Å². The zero-order valence-electron chi connectivity index (χ0n) is 13.4. The second kappa shape index (κ2) is 7.88. The highest BCUT2D eigenvalue weighted by atomic mass is 32.2. The number of hydrogen-bond donors (Lipinski definition) is 2. The minimum atomic E-state index is -3.61. The van der Waals surface area contributed by atoms with Crippen LogP contribution < -0.4 is 5.32 Å². The van der Waals surface area contributed by atoms with Gasteiger partial charge in [0, 0.05) is 37.8 Å². The summed E-state index contributed by atoms with van der Waals surface area (Å²) in [4.78, 5) is 0. The predicted molar refractivity (Wildman–Crippen MR) is 81.5 cm³/mol. The number of aromatic amines is 1. The number of nitrogens with one attached hydrogen (secondary N) is 2. The fourth-order valence-electron chi connectivity index (χ4n) is 2.12. The number of nitrogens with zero attached hydrogens (tertiary/aromatic N) is 2. The van der Waals surface area contributed by atoms with Crippen LogP contribution in [0.1, 0.15) is 33.3 Å². The number of aromatic nitrogens is 2. The summed E-state index contributed by atoms with van der Waals surface area (Å²) in [6.45, 7) is 8.84. The summed E-state index contributed by atoms with van der Waals surface area (Å²) < 4.78 is 32.0. The van der Waals surface area contributed by atoms with Crippen LogP contribution in [0.15, 0.2) is 11.2 Å². The van der Waals surface area contributed by atoms with Gasteiger partial charge in [0.05, 0.1) is 12.8 Å². The normalized spacial score (nSPS) is 14.0. The van der Waals surface area contributed by atoms with E-state index in [2.05, 4.69) is 15.5 Å². The molecule has 1 heterocycles. The quantitative estimate of drug-likeness (QED) is 0.708. The Morgan fingerprint density at radius 3 is 2.62 bits per heavy atom. The lowest BCUT2D eigenvalue weighted by Gasteiger charge is -2.26. The van der Waals surface area contributed by atoms with Gasteiger partial charge in [-0.05, 0) is 6.92 Å². The molecular formula is C13H26N4O3S. The van der Waals surface area contributed by atoms with E-state index >= 15 is 0 Å². The lowest BCUT2D eigenvalue weighted by Crippen LogP contribution is -2.41. The number of hydrogen-bond acceptors (Lipinski definition) is 5. The summed E-state index contributed by atoms with van der Waals surface area (Å²) in [7, 11) is -2.05. The van der Waals surface area contributed by atoms with Crippen LogP contribution in [0.3, 0.4) is 0 Å². The largest absolute Gasteiger partial charge is 0.383 e. The van der Waals surface area contributed by atoms with E-state index in [1.54, 1.807) is 13.3 Å². The second-order valence-corrected chi connectivity index (χ2v) is 7.10. The first-order valence-electron chi connectivity index (χ1n) is 7.11. The lowest BCUT2D eigenvalue weighted by atomic mass is 10.3. The maximum absolute atomic E-state index is 12.8. The van der Waals surface area contributed by atoms with Crippen LogP contribution in [0.25, 0.3) is 0 Å². The van der Waals surface area contributed by atoms with Gasteiger partial charge in [0.2, 0.25) is 0 Å². The molecule has 0 fully saturated rings. The predicted octanol–water partition coefficient (Wildman–Crippen LogP) is 0.953. The molecule has 0 aromatic carbocycles. The molecule has 0 aliphatic carbocycles. The van der Waals surface area contributed by atoms with Gasteiger partial charge in [-0.25, -0.2) is 8.42 Å². The van der Waals surface area contributed by atoms with Gasteiger partial charge >= 0.3 is 0 Å². The van der Waals surface area contributed by atoms with Crippen molar-refractivity contribution in [1.29, 1.82) is 0 Å². The van der Waals surface area contributed by atoms with E-state index in [1.807, 2.05) is 27.7 Å². The van der Waals surface area contributed by atoms with Gasteiger partial charge in [-0.2, -0.15) is 9.40 Å². The summed E-state index contributed by atoms with van der Waals surface area (Å²) in [5.41, 5.74) is 0.645. The Hall–Kier alpha value is -0.960. The van der Waals surface area contributed by atoms with Gasteiger partial charge in [0.1, 0.15) is 0 Å². The van der Waals surface area contributed by atoms with Crippen molar-refractivity contribution in [3.63, 3.8) is 0 Å². The van der Waals surface area contributed by atoms with Gasteiger partial charge < -0.3 is 10.1 Å². The Kier molecular flexibility index (Phi) is 6.79. The fraction of sp³-hybridized carbons (Fsp3) is 0.769. The number of sulfonamides is 1. The lowest BCUT2D eigenvalue weighted by molar-refractivity contribution is 0.142. The number of likely N-dealkylation sites (N-methyl/N-ethyl adjacent to an activating group) is 1. The van der Waals surface area contributed by atoms with Gasteiger partial charge in [-0.15, -0.1) is 0 Å². The maximum Gasteiger partial charge on any atom is 0.260 e. The first kappa shape index (κ1) is 18.1. The van der Waals surface area contributed by atoms with E-state index in [1.165, 1.54) is 4.31 Å². The summed E-state index contributed by atoms with van der Waals surface area (Å²) in [6.07, 6.45) is 1.55. The molecule has 0 radical (unpaired) electrons. The van der Waals surface area contributed by atoms with Crippen molar-refractivity contribution in [1.82, 2.24) is 19.8 Å². The third-order valence-corrected chi connectivity index (χ3v) is 5.26. The van der Waals surface area contributed by atoms with E-state index in [0.29, 0.717) is 25.3 Å². The highest BCUT2D eigenvalue weighted by molar-refractivity contribution is 7.89. The molecule has 1 aromatic rings. The fourth-order valence-corrected chi connectivity index (χ4v) is 3.86. The van der Waals surface area contributed by atoms with E-state index in [4.69, 9.17) is 4.74 Å². The van der Waals surface area contributed by atoms with E-state index in [-0.39, 0.29) is 17.1 Å². The van der Waals surface area contributed by atoms with Gasteiger partial charge in [-0.1, -0.05) is 20.8 Å². The number of H-pyrrole nitrogens is 1. The smallest absolute Gasteiger partial charge is 0.260 e. The maximum atomic E-state index is 12.8. The first-order chi connectivity index (χ1) is 9.84. The molecule has 0 aliphatic rings. The highest BCUT2D eigenvalue weighted by Gasteiger charge is 2.31. The Morgan fingerprint density at radius 2 is 2.10 bits per heavy atom. The van der Waals surface area contributed by atoms with Crippen molar-refractivity contribution in [3.05, 3.63) is 11.8 Å². The molecule has 2 N–H and O–H groups in total. The van der Waals surface area contributed by atoms with Crippen LogP contribution in [0, 0.1) is 0 Å². The van der Waals surface area contributed by atoms with Crippen molar-refractivity contribution >= 4 is 10.0 Å². The third kappa shape index (κ3) is 4.50. The molecule has 0 amide bonds. The SMILES string of the molecule is CCN(C(C)COC)S(=O)(=O)c1[nH]ncc1CNC(C)C. The number of ether oxygens (including phenoxy) is 1. The standard InChI is InChI=1S/C13H26N4O3S/c1-6-17(11(4)9-20-5)21(18,19)13-12(8-15-16-13)7-14-10(2)3/h8,10-11,14H,6-7,9H2,1-5H3,(H,15,16). The molecule has 7 nitrogen and oxygen atoms in total. The van der Waals surface area contributed by atoms with E-state index < -0.39 is 10.0 Å². The molecule has 0 spiro atoms. The molecule has 0 saturated heterocycles. The monoisotopic (exact) mass is 318 g/mol. The van der Waals surface area contributed by atoms with Crippen LogP contribution in [0.5, 0.6) is 0 Å². The second-order valence-electron chi connectivity index (χ2n) is 5.27. The van der Waals surface area contributed by atoms with Gasteiger partial charge in [-0.3, -0.25) is 5.10 Å². The van der Waals surface area contributed by atoms with E-state index in [9.17, 15) is 8.42 Å². The van der Waals surface area contributed by atoms with E-state index in [0.717, 1.165) is 0 Å². The molecule has 1 atom stereocenters. The summed E-state index contributed by atoms with van der Waals surface area (Å²) in [6, 6.07) is 0.0318. The Balaban J connectivity index is 3.03. The Labute approximate surface area is 127 Å². The molecule has 1 unspecified atom stereocenters. The average molecular weight is 318 g/mol. The summed E-state index contributed by atoms with van der Waals surface area (Å²) in [5, 5.41) is 9.86.